The lowest BCUT2D eigenvalue weighted by Crippen LogP contribution is -2.46. The van der Waals surface area contributed by atoms with E-state index in [1.54, 1.807) is 6.07 Å². The first kappa shape index (κ1) is 86.8. The smallest absolute Gasteiger partial charge is 0.490 e. The van der Waals surface area contributed by atoms with E-state index in [9.17, 15) is 79.0 Å². The van der Waals surface area contributed by atoms with Crippen molar-refractivity contribution in [3.05, 3.63) is 117 Å². The Balaban J connectivity index is 0.00000158. The van der Waals surface area contributed by atoms with Gasteiger partial charge in [0.25, 0.3) is 0 Å². The fraction of sp³-hybridized carbons (Fsp3) is 0.652. The van der Waals surface area contributed by atoms with Gasteiger partial charge in [0, 0.05) is 0 Å². The molecule has 29 heteroatoms. The first-order chi connectivity index (χ1) is 45.6. The lowest BCUT2D eigenvalue weighted by Gasteiger charge is -2.28. The highest BCUT2D eigenvalue weighted by Crippen LogP contribution is 2.51. The van der Waals surface area contributed by atoms with Gasteiger partial charge in [0.15, 0.2) is 11.4 Å². The zero-order valence-corrected chi connectivity index (χ0v) is 55.0. The zero-order valence-electron chi connectivity index (χ0n) is 55.0. The molecule has 0 aliphatic heterocycles. The molecule has 0 aliphatic carbocycles. The Labute approximate surface area is 558 Å². The van der Waals surface area contributed by atoms with Gasteiger partial charge in [-0.1, -0.05) is 230 Å². The Morgan fingerprint density at radius 1 is 0.316 bits per heavy atom. The molecule has 0 heterocycles. The molecule has 0 saturated heterocycles. The molecule has 0 aliphatic rings. The van der Waals surface area contributed by atoms with Gasteiger partial charge in [-0.15, -0.1) is 6.07 Å². The molecule has 0 bridgehead atoms. The highest BCUT2D eigenvalue weighted by atomic mass is 19.4. The maximum absolute atomic E-state index is 15.6. The fourth-order valence-electron chi connectivity index (χ4n) is 11.3. The summed E-state index contributed by atoms with van der Waals surface area (Å²) in [6.45, 7) is 4.34. The van der Waals surface area contributed by atoms with E-state index in [1.807, 2.05) is 0 Å². The van der Waals surface area contributed by atoms with E-state index in [0.717, 1.165) is 77.0 Å². The molecular weight excluding hydrogens is 1360 g/mol. The summed E-state index contributed by atoms with van der Waals surface area (Å²) in [6.07, 6.45) is -12.0. The van der Waals surface area contributed by atoms with Gasteiger partial charge in [-0.05, 0) is 66.8 Å². The number of unbranched alkanes of at least 4 members (excludes halogenated alkanes) is 30. The fourth-order valence-corrected chi connectivity index (χ4v) is 11.3. The molecule has 0 radical (unpaired) electrons. The van der Waals surface area contributed by atoms with Crippen molar-refractivity contribution in [2.45, 2.75) is 287 Å². The molecule has 98 heavy (non-hydrogen) atoms. The lowest BCUT2D eigenvalue weighted by molar-refractivity contribution is -0.264. The molecule has 0 spiro atoms. The normalized spacial score (nSPS) is 12.9. The van der Waals surface area contributed by atoms with Crippen molar-refractivity contribution in [3.8, 4) is 17.2 Å². The number of alkyl halides is 24. The van der Waals surface area contributed by atoms with Gasteiger partial charge in [-0.25, -0.2) is 0 Å². The summed E-state index contributed by atoms with van der Waals surface area (Å²) in [5.74, 6) is -6.17. The molecule has 0 atom stereocenters. The van der Waals surface area contributed by atoms with Crippen molar-refractivity contribution in [2.75, 3.05) is 0 Å². The molecule has 0 aromatic heterocycles. The van der Waals surface area contributed by atoms with Gasteiger partial charge in [0.1, 0.15) is 17.1 Å². The van der Waals surface area contributed by atoms with E-state index >= 15 is 26.3 Å². The lowest BCUT2D eigenvalue weighted by atomic mass is 9.81. The molecule has 4 aromatic carbocycles. The number of benzene rings is 4. The summed E-state index contributed by atoms with van der Waals surface area (Å²) >= 11 is 0. The number of hydrogen-bond acceptors (Lipinski definition) is 3. The molecule has 4 aromatic rings. The Morgan fingerprint density at radius 3 is 0.816 bits per heavy atom. The zero-order chi connectivity index (χ0) is 73.6. The van der Waals surface area contributed by atoms with Crippen LogP contribution in [-0.2, 0) is 49.4 Å². The van der Waals surface area contributed by atoms with Crippen LogP contribution in [0.5, 0.6) is 17.2 Å². The van der Waals surface area contributed by atoms with Gasteiger partial charge in [-0.2, -0.15) is 124 Å². The number of halogens is 24. The average molecular weight is 1450 g/mol. The van der Waals surface area contributed by atoms with Crippen LogP contribution in [0.4, 0.5) is 111 Å². The molecule has 0 amide bonds. The minimum Gasteiger partial charge on any atom is -0.490 e. The van der Waals surface area contributed by atoms with Gasteiger partial charge in [0.2, 0.25) is 0 Å². The number of quaternary nitrogens is 1. The largest absolute Gasteiger partial charge is 0.864 e. The SMILES string of the molecule is CCCCCCCCCCCCCCCCCCC(CCCCCCCCCCCCCCCCCC)c1c(C(F)(F)F)cc(OB(Oc2cc(C(F)(F)F)cc(C(F)(F)F)c2)Oc2cc(C(F)(F)F)cc(C(F)(F)F)c2)c([NH3+])c1C(F)(F)F.FC(F)(F)c1c[c-]cc(C(F)(F)F)c1. The van der Waals surface area contributed by atoms with Crippen molar-refractivity contribution in [2.24, 2.45) is 0 Å². The van der Waals surface area contributed by atoms with Crippen molar-refractivity contribution in [3.63, 3.8) is 0 Å². The summed E-state index contributed by atoms with van der Waals surface area (Å²) < 4.78 is 347. The quantitative estimate of drug-likeness (QED) is 0.0209. The monoisotopic (exact) mass is 1450 g/mol. The summed E-state index contributed by atoms with van der Waals surface area (Å²) in [5.41, 5.74) is -14.2. The van der Waals surface area contributed by atoms with Gasteiger partial charge in [0.05, 0.1) is 27.8 Å². The van der Waals surface area contributed by atoms with Gasteiger partial charge < -0.3 is 19.7 Å². The van der Waals surface area contributed by atoms with Crippen LogP contribution in [-0.4, -0.2) is 7.32 Å². The van der Waals surface area contributed by atoms with Crippen molar-refractivity contribution in [1.82, 2.24) is 0 Å². The molecule has 0 saturated carbocycles. The molecule has 0 fully saturated rings. The average Bonchev–Trinajstić information content (AvgIpc) is 0.747. The van der Waals surface area contributed by atoms with Crippen LogP contribution in [0.1, 0.15) is 288 Å². The minimum absolute atomic E-state index is 0.0153. The van der Waals surface area contributed by atoms with Crippen molar-refractivity contribution >= 4 is 13.0 Å². The summed E-state index contributed by atoms with van der Waals surface area (Å²) in [7, 11) is -3.29. The highest BCUT2D eigenvalue weighted by Gasteiger charge is 2.49. The van der Waals surface area contributed by atoms with Crippen molar-refractivity contribution in [1.29, 1.82) is 0 Å². The summed E-state index contributed by atoms with van der Waals surface area (Å²) in [5, 5.41) is 0. The molecule has 4 rings (SSSR count). The third-order valence-corrected chi connectivity index (χ3v) is 16.5. The van der Waals surface area contributed by atoms with Crippen LogP contribution in [0.25, 0.3) is 0 Å². The topological polar surface area (TPSA) is 55.3 Å². The van der Waals surface area contributed by atoms with E-state index in [1.165, 1.54) is 89.9 Å². The molecule has 3 N–H and O–H groups in total. The second kappa shape index (κ2) is 40.9. The Hall–Kier alpha value is -5.38. The molecule has 0 unspecified atom stereocenters. The standard InChI is InChI=1S/C61H84BF18NO3.C8H3F6/c1-3-5-7-9-11-13-15-17-19-21-23-25-27-29-31-33-35-44(36-34-32-30-28-26-24-22-20-18-16-14-12-10-8-6-4-2)53-51(60(75,76)77)43-52(55(81)54(53)61(78,79)80)84-62(82-49-39-45(56(63,64)65)37-46(40-49)57(66,67)68)83-50-41-47(58(69,70)71)38-48(42-50)59(72,73)74;9-7(10,11)5-2-1-3-6(4-5)8(12,13)14/h37-44H,3-36,81H2,1-2H3;2-4H/q;-1/p+1. The first-order valence-electron chi connectivity index (χ1n) is 33.5. The number of rotatable bonds is 41. The summed E-state index contributed by atoms with van der Waals surface area (Å²) in [6, 6.07) is 1.39. The Kier molecular flexibility index (Phi) is 36.3. The number of hydrogen-bond donors (Lipinski definition) is 1. The van der Waals surface area contributed by atoms with Gasteiger partial charge >= 0.3 is 56.7 Å². The summed E-state index contributed by atoms with van der Waals surface area (Å²) in [4.78, 5) is 0. The maximum Gasteiger partial charge on any atom is 0.864 e. The van der Waals surface area contributed by atoms with Crippen LogP contribution in [0.3, 0.4) is 0 Å². The Morgan fingerprint density at radius 2 is 0.571 bits per heavy atom. The second-order valence-electron chi connectivity index (χ2n) is 24.7. The van der Waals surface area contributed by atoms with Crippen LogP contribution in [0.2, 0.25) is 0 Å². The van der Waals surface area contributed by atoms with E-state index in [4.69, 9.17) is 14.0 Å². The third-order valence-electron chi connectivity index (χ3n) is 16.5. The molecule has 4 nitrogen and oxygen atoms in total. The third kappa shape index (κ3) is 33.0. The van der Waals surface area contributed by atoms with Crippen LogP contribution in [0, 0.1) is 6.07 Å². The van der Waals surface area contributed by atoms with Crippen LogP contribution >= 0.6 is 0 Å². The first-order valence-corrected chi connectivity index (χ1v) is 33.5. The van der Waals surface area contributed by atoms with E-state index < -0.39 is 148 Å². The highest BCUT2D eigenvalue weighted by molar-refractivity contribution is 6.39. The Bertz CT molecular complexity index is 2690. The second-order valence-corrected chi connectivity index (χ2v) is 24.7. The van der Waals surface area contributed by atoms with Crippen molar-refractivity contribution < 1.29 is 125 Å². The van der Waals surface area contributed by atoms with E-state index in [2.05, 4.69) is 19.6 Å². The van der Waals surface area contributed by atoms with Crippen LogP contribution < -0.4 is 19.7 Å². The van der Waals surface area contributed by atoms with Crippen LogP contribution in [0.15, 0.2) is 60.7 Å². The van der Waals surface area contributed by atoms with E-state index in [-0.39, 0.29) is 62.1 Å². The predicted molar refractivity (Wildman–Crippen MR) is 326 cm³/mol. The van der Waals surface area contributed by atoms with Gasteiger partial charge in [-0.3, -0.25) is 0 Å². The predicted octanol–water partition coefficient (Wildman–Crippen LogP) is 27.1. The molecular formula is C69H88BF24NO3. The van der Waals surface area contributed by atoms with E-state index in [0.29, 0.717) is 37.8 Å². The minimum atomic E-state index is -5.68. The molecule has 558 valence electrons. The maximum atomic E-state index is 15.6.